The third kappa shape index (κ3) is 3.28. The number of carbonyl (C=O) groups is 1. The lowest BCUT2D eigenvalue weighted by atomic mass is 9.80. The van der Waals surface area contributed by atoms with Crippen molar-refractivity contribution in [2.24, 2.45) is 11.7 Å². The van der Waals surface area contributed by atoms with E-state index >= 15 is 0 Å². The Morgan fingerprint density at radius 1 is 1.17 bits per heavy atom. The van der Waals surface area contributed by atoms with Crippen LogP contribution in [0.2, 0.25) is 0 Å². The van der Waals surface area contributed by atoms with Gasteiger partial charge in [-0.25, -0.2) is 8.78 Å². The maximum Gasteiger partial charge on any atom is 0.236 e. The smallest absolute Gasteiger partial charge is 0.236 e. The zero-order chi connectivity index (χ0) is 17.1. The van der Waals surface area contributed by atoms with Crippen LogP contribution >= 0.6 is 0 Å². The SMILES string of the molecule is N[C@@H]1CC[C@@H](C(c2ccccn2)c2cccc(F)c2F)CNC1=O. The molecule has 3 N–H and O–H groups in total. The summed E-state index contributed by atoms with van der Waals surface area (Å²) in [6.45, 7) is 0.351. The van der Waals surface area contributed by atoms with Crippen molar-refractivity contribution in [3.8, 4) is 0 Å². The summed E-state index contributed by atoms with van der Waals surface area (Å²) >= 11 is 0. The topological polar surface area (TPSA) is 68.0 Å². The van der Waals surface area contributed by atoms with Crippen molar-refractivity contribution in [2.45, 2.75) is 24.8 Å². The van der Waals surface area contributed by atoms with Gasteiger partial charge in [0.25, 0.3) is 0 Å². The molecular weight excluding hydrogens is 312 g/mol. The Bertz CT molecular complexity index is 723. The molecule has 1 aliphatic rings. The van der Waals surface area contributed by atoms with Crippen molar-refractivity contribution >= 4 is 5.91 Å². The summed E-state index contributed by atoms with van der Waals surface area (Å²) in [6, 6.07) is 8.97. The minimum Gasteiger partial charge on any atom is -0.354 e. The summed E-state index contributed by atoms with van der Waals surface area (Å²) in [7, 11) is 0. The van der Waals surface area contributed by atoms with Crippen molar-refractivity contribution in [1.29, 1.82) is 0 Å². The second-order valence-electron chi connectivity index (χ2n) is 6.06. The van der Waals surface area contributed by atoms with Crippen LogP contribution in [0.1, 0.15) is 30.0 Å². The molecule has 1 fully saturated rings. The summed E-state index contributed by atoms with van der Waals surface area (Å²) in [5.41, 5.74) is 6.71. The maximum absolute atomic E-state index is 14.4. The molecule has 1 amide bonds. The minimum atomic E-state index is -0.886. The Kier molecular flexibility index (Phi) is 4.85. The minimum absolute atomic E-state index is 0.117. The van der Waals surface area contributed by atoms with E-state index in [1.165, 1.54) is 6.07 Å². The van der Waals surface area contributed by atoms with Gasteiger partial charge in [-0.2, -0.15) is 0 Å². The average molecular weight is 331 g/mol. The monoisotopic (exact) mass is 331 g/mol. The molecule has 126 valence electrons. The lowest BCUT2D eigenvalue weighted by Crippen LogP contribution is -2.39. The zero-order valence-electron chi connectivity index (χ0n) is 13.1. The molecule has 2 aromatic rings. The molecule has 0 radical (unpaired) electrons. The van der Waals surface area contributed by atoms with Crippen LogP contribution in [-0.2, 0) is 4.79 Å². The van der Waals surface area contributed by atoms with Gasteiger partial charge in [0.1, 0.15) is 0 Å². The second kappa shape index (κ2) is 7.05. The molecule has 1 aromatic carbocycles. The molecule has 1 unspecified atom stereocenters. The number of aromatic nitrogens is 1. The summed E-state index contributed by atoms with van der Waals surface area (Å²) in [6.07, 6.45) is 2.74. The summed E-state index contributed by atoms with van der Waals surface area (Å²) in [5.74, 6) is -2.53. The molecule has 6 heteroatoms. The fraction of sp³-hybridized carbons (Fsp3) is 0.333. The average Bonchev–Trinajstić information content (AvgIpc) is 2.76. The number of hydrogen-bond donors (Lipinski definition) is 2. The number of nitrogens with two attached hydrogens (primary N) is 1. The van der Waals surface area contributed by atoms with E-state index in [4.69, 9.17) is 5.73 Å². The molecule has 1 aromatic heterocycles. The van der Waals surface area contributed by atoms with Crippen molar-refractivity contribution < 1.29 is 13.6 Å². The van der Waals surface area contributed by atoms with E-state index in [9.17, 15) is 13.6 Å². The number of pyridine rings is 1. The van der Waals surface area contributed by atoms with Crippen molar-refractivity contribution in [1.82, 2.24) is 10.3 Å². The summed E-state index contributed by atoms with van der Waals surface area (Å²) < 4.78 is 28.2. The molecule has 0 spiro atoms. The number of carbonyl (C=O) groups excluding carboxylic acids is 1. The summed E-state index contributed by atoms with van der Waals surface area (Å²) in [5, 5.41) is 2.79. The molecule has 3 rings (SSSR count). The molecule has 2 heterocycles. The fourth-order valence-electron chi connectivity index (χ4n) is 3.25. The highest BCUT2D eigenvalue weighted by atomic mass is 19.2. The Hall–Kier alpha value is -2.34. The largest absolute Gasteiger partial charge is 0.354 e. The van der Waals surface area contributed by atoms with Gasteiger partial charge >= 0.3 is 0 Å². The quantitative estimate of drug-likeness (QED) is 0.907. The molecule has 1 saturated heterocycles. The molecule has 1 aliphatic heterocycles. The van der Waals surface area contributed by atoms with Crippen LogP contribution in [0.5, 0.6) is 0 Å². The number of rotatable bonds is 3. The number of nitrogens with one attached hydrogen (secondary N) is 1. The molecule has 3 atom stereocenters. The van der Waals surface area contributed by atoms with Crippen LogP contribution in [0.3, 0.4) is 0 Å². The van der Waals surface area contributed by atoms with Gasteiger partial charge in [-0.15, -0.1) is 0 Å². The van der Waals surface area contributed by atoms with Crippen molar-refractivity contribution in [2.75, 3.05) is 6.54 Å². The van der Waals surface area contributed by atoms with Gasteiger partial charge in [0.15, 0.2) is 11.6 Å². The van der Waals surface area contributed by atoms with Crippen LogP contribution in [0.15, 0.2) is 42.6 Å². The van der Waals surface area contributed by atoms with Gasteiger partial charge in [-0.05, 0) is 37.0 Å². The van der Waals surface area contributed by atoms with E-state index in [0.29, 0.717) is 25.1 Å². The number of hydrogen-bond acceptors (Lipinski definition) is 3. The molecule has 24 heavy (non-hydrogen) atoms. The van der Waals surface area contributed by atoms with Gasteiger partial charge < -0.3 is 11.1 Å². The second-order valence-corrected chi connectivity index (χ2v) is 6.06. The van der Waals surface area contributed by atoms with Gasteiger partial charge in [0.05, 0.1) is 6.04 Å². The highest BCUT2D eigenvalue weighted by Crippen LogP contribution is 2.36. The number of halogens is 2. The molecule has 0 bridgehead atoms. The van der Waals surface area contributed by atoms with Gasteiger partial charge in [0, 0.05) is 29.9 Å². The van der Waals surface area contributed by atoms with E-state index < -0.39 is 23.6 Å². The van der Waals surface area contributed by atoms with Crippen LogP contribution in [0.25, 0.3) is 0 Å². The van der Waals surface area contributed by atoms with E-state index in [0.717, 1.165) is 6.07 Å². The summed E-state index contributed by atoms with van der Waals surface area (Å²) in [4.78, 5) is 16.1. The number of nitrogens with zero attached hydrogens (tertiary/aromatic N) is 1. The van der Waals surface area contributed by atoms with Crippen LogP contribution in [-0.4, -0.2) is 23.5 Å². The van der Waals surface area contributed by atoms with Crippen LogP contribution in [0, 0.1) is 17.6 Å². The normalized spacial score (nSPS) is 22.5. The predicted octanol–water partition coefficient (Wildman–Crippen LogP) is 2.35. The predicted molar refractivity (Wildman–Crippen MR) is 86.1 cm³/mol. The standard InChI is InChI=1S/C18H19F2N3O/c19-13-5-3-4-12(17(13)20)16(15-6-1-2-9-22-15)11-7-8-14(21)18(24)23-10-11/h1-6,9,11,14,16H,7-8,10,21H2,(H,23,24)/t11-,14-,16?/m1/s1. The maximum atomic E-state index is 14.4. The van der Waals surface area contributed by atoms with E-state index in [-0.39, 0.29) is 17.4 Å². The first kappa shape index (κ1) is 16.5. The Morgan fingerprint density at radius 2 is 2.00 bits per heavy atom. The number of amides is 1. The van der Waals surface area contributed by atoms with Gasteiger partial charge in [-0.1, -0.05) is 18.2 Å². The number of benzene rings is 1. The molecule has 4 nitrogen and oxygen atoms in total. The third-order valence-corrected chi connectivity index (χ3v) is 4.52. The van der Waals surface area contributed by atoms with E-state index in [1.54, 1.807) is 24.4 Å². The third-order valence-electron chi connectivity index (χ3n) is 4.52. The van der Waals surface area contributed by atoms with Gasteiger partial charge in [0.2, 0.25) is 5.91 Å². The lowest BCUT2D eigenvalue weighted by Gasteiger charge is -2.26. The first-order chi connectivity index (χ1) is 11.6. The van der Waals surface area contributed by atoms with Crippen molar-refractivity contribution in [3.05, 3.63) is 65.5 Å². The van der Waals surface area contributed by atoms with Gasteiger partial charge in [-0.3, -0.25) is 9.78 Å². The van der Waals surface area contributed by atoms with Crippen molar-refractivity contribution in [3.63, 3.8) is 0 Å². The highest BCUT2D eigenvalue weighted by molar-refractivity contribution is 5.81. The Balaban J connectivity index is 2.03. The first-order valence-corrected chi connectivity index (χ1v) is 7.96. The van der Waals surface area contributed by atoms with E-state index in [1.807, 2.05) is 6.07 Å². The molecule has 0 saturated carbocycles. The Labute approximate surface area is 139 Å². The van der Waals surface area contributed by atoms with Crippen LogP contribution in [0.4, 0.5) is 8.78 Å². The fourth-order valence-corrected chi connectivity index (χ4v) is 3.25. The Morgan fingerprint density at radius 3 is 2.75 bits per heavy atom. The molecular formula is C18H19F2N3O. The molecule has 0 aliphatic carbocycles. The highest BCUT2D eigenvalue weighted by Gasteiger charge is 2.32. The lowest BCUT2D eigenvalue weighted by molar-refractivity contribution is -0.122. The first-order valence-electron chi connectivity index (χ1n) is 7.96. The van der Waals surface area contributed by atoms with E-state index in [2.05, 4.69) is 10.3 Å². The van der Waals surface area contributed by atoms with Crippen LogP contribution < -0.4 is 11.1 Å². The zero-order valence-corrected chi connectivity index (χ0v) is 13.1.